The third-order valence-electron chi connectivity index (χ3n) is 8.04. The predicted molar refractivity (Wildman–Crippen MR) is 136 cm³/mol. The molecule has 0 saturated heterocycles. The number of aromatic amines is 1. The van der Waals surface area contributed by atoms with Crippen LogP contribution in [0.1, 0.15) is 88.4 Å². The fourth-order valence-electron chi connectivity index (χ4n) is 5.76. The number of aromatic nitrogens is 1. The Kier molecular flexibility index (Phi) is 8.24. The van der Waals surface area contributed by atoms with Crippen molar-refractivity contribution in [2.24, 2.45) is 16.8 Å². The standard InChI is InChI=1S/C28H39FN4O2/c1-4-24(34)18(3)19-8-6-9-21(13-11-19)31-25-10-5-7-17(2)26-27(33-25)23(16-30-26)28(35)32-22-14-12-20(29)15-22/h4,10,16,18-22,30-31H,1,5-9,11-15H2,2-3H3,(H,32,35)/t18?,19-,20-,21?,22+/m0/s1. The first-order chi connectivity index (χ1) is 16.9. The Bertz CT molecular complexity index is 1100. The number of carbonyl (C=O) groups is 2. The lowest BCUT2D eigenvalue weighted by Gasteiger charge is -2.21. The van der Waals surface area contributed by atoms with E-state index in [1.807, 2.05) is 6.92 Å². The minimum atomic E-state index is -0.830. The number of rotatable bonds is 7. The molecule has 2 heterocycles. The number of nitrogens with one attached hydrogen (secondary N) is 3. The molecule has 3 aliphatic rings. The number of alkyl halides is 1. The Labute approximate surface area is 207 Å². The van der Waals surface area contributed by atoms with Crippen LogP contribution in [0.25, 0.3) is 5.57 Å². The Morgan fingerprint density at radius 3 is 2.74 bits per heavy atom. The van der Waals surface area contributed by atoms with Crippen molar-refractivity contribution >= 4 is 17.3 Å². The molecule has 2 aliphatic carbocycles. The van der Waals surface area contributed by atoms with Crippen molar-refractivity contribution < 1.29 is 14.0 Å². The molecular weight excluding hydrogens is 443 g/mol. The molecule has 7 heteroatoms. The molecule has 1 amide bonds. The minimum Gasteiger partial charge on any atom is -0.368 e. The molecule has 6 nitrogen and oxygen atoms in total. The maximum atomic E-state index is 13.6. The number of fused-ring (bicyclic) bond motifs is 1. The molecule has 5 atom stereocenters. The number of halogens is 1. The van der Waals surface area contributed by atoms with Gasteiger partial charge in [0.1, 0.15) is 17.3 Å². The van der Waals surface area contributed by atoms with Gasteiger partial charge in [0, 0.05) is 24.2 Å². The summed E-state index contributed by atoms with van der Waals surface area (Å²) in [5, 5.41) is 8.20. The van der Waals surface area contributed by atoms with Crippen molar-refractivity contribution in [3.05, 3.63) is 47.0 Å². The zero-order valence-corrected chi connectivity index (χ0v) is 21.0. The van der Waals surface area contributed by atoms with E-state index >= 15 is 0 Å². The Hall–Kier alpha value is -2.70. The lowest BCUT2D eigenvalue weighted by molar-refractivity contribution is -0.119. The molecule has 2 fully saturated rings. The zero-order valence-electron chi connectivity index (χ0n) is 21.0. The quantitative estimate of drug-likeness (QED) is 0.406. The van der Waals surface area contributed by atoms with Crippen molar-refractivity contribution in [2.75, 3.05) is 0 Å². The van der Waals surface area contributed by atoms with Crippen LogP contribution in [0, 0.1) is 11.8 Å². The highest BCUT2D eigenvalue weighted by atomic mass is 19.1. The number of carbonyl (C=O) groups excluding carboxylic acids is 2. The van der Waals surface area contributed by atoms with Gasteiger partial charge in [-0.2, -0.15) is 0 Å². The van der Waals surface area contributed by atoms with Crippen molar-refractivity contribution in [3.8, 4) is 0 Å². The summed E-state index contributed by atoms with van der Waals surface area (Å²) in [7, 11) is 0. The second kappa shape index (κ2) is 11.4. The van der Waals surface area contributed by atoms with Crippen LogP contribution in [0.4, 0.5) is 4.39 Å². The topological polar surface area (TPSA) is 86.3 Å². The van der Waals surface area contributed by atoms with Gasteiger partial charge in [-0.3, -0.25) is 9.59 Å². The smallest absolute Gasteiger partial charge is 0.255 e. The Morgan fingerprint density at radius 2 is 2.00 bits per heavy atom. The highest BCUT2D eigenvalue weighted by Crippen LogP contribution is 2.30. The molecule has 35 heavy (non-hydrogen) atoms. The van der Waals surface area contributed by atoms with Gasteiger partial charge in [0.25, 0.3) is 5.91 Å². The first kappa shape index (κ1) is 25.4. The Balaban J connectivity index is 1.51. The molecule has 0 spiro atoms. The molecule has 0 aromatic carbocycles. The van der Waals surface area contributed by atoms with E-state index in [0.29, 0.717) is 36.1 Å². The van der Waals surface area contributed by atoms with E-state index in [2.05, 4.69) is 35.2 Å². The second-order valence-corrected chi connectivity index (χ2v) is 10.5. The summed E-state index contributed by atoms with van der Waals surface area (Å²) >= 11 is 0. The number of allylic oxidation sites excluding steroid dienone is 2. The number of nitrogens with zero attached hydrogens (tertiary/aromatic N) is 1. The number of H-pyrrole nitrogens is 1. The summed E-state index contributed by atoms with van der Waals surface area (Å²) in [6.45, 7) is 7.74. The third-order valence-corrected chi connectivity index (χ3v) is 8.04. The monoisotopic (exact) mass is 482 g/mol. The van der Waals surface area contributed by atoms with Crippen LogP contribution >= 0.6 is 0 Å². The first-order valence-electron chi connectivity index (χ1n) is 13.2. The van der Waals surface area contributed by atoms with E-state index in [1.54, 1.807) is 6.20 Å². The van der Waals surface area contributed by atoms with Crippen LogP contribution in [0.15, 0.2) is 35.7 Å². The molecule has 4 rings (SSSR count). The molecule has 0 bridgehead atoms. The summed E-state index contributed by atoms with van der Waals surface area (Å²) in [4.78, 5) is 33.4. The van der Waals surface area contributed by atoms with Gasteiger partial charge in [-0.15, -0.1) is 0 Å². The van der Waals surface area contributed by atoms with Crippen molar-refractivity contribution in [1.82, 2.24) is 15.6 Å². The SMILES string of the molecule is C=CC(=O)C(C)[C@H]1CCCC(NC2=CCCC(C)=c3[nH]cc(C(=O)N[C@@H]4CC[C@H](F)C4)c3=N2)CC1. The van der Waals surface area contributed by atoms with E-state index < -0.39 is 6.17 Å². The van der Waals surface area contributed by atoms with Gasteiger partial charge in [0.15, 0.2) is 5.78 Å². The van der Waals surface area contributed by atoms with E-state index in [4.69, 9.17) is 4.99 Å². The maximum Gasteiger partial charge on any atom is 0.255 e. The van der Waals surface area contributed by atoms with Gasteiger partial charge in [-0.25, -0.2) is 9.38 Å². The number of hydrogen-bond acceptors (Lipinski definition) is 4. The van der Waals surface area contributed by atoms with Crippen LogP contribution in [-0.4, -0.2) is 34.9 Å². The van der Waals surface area contributed by atoms with Crippen LogP contribution in [0.5, 0.6) is 0 Å². The molecule has 0 radical (unpaired) electrons. The zero-order chi connectivity index (χ0) is 24.9. The number of ketones is 1. The van der Waals surface area contributed by atoms with E-state index in [1.165, 1.54) is 11.6 Å². The minimum absolute atomic E-state index is 0.0195. The van der Waals surface area contributed by atoms with Gasteiger partial charge < -0.3 is 15.6 Å². The fourth-order valence-corrected chi connectivity index (χ4v) is 5.76. The molecular formula is C28H39FN4O2. The second-order valence-electron chi connectivity index (χ2n) is 10.5. The number of hydrogen-bond donors (Lipinski definition) is 3. The fraction of sp³-hybridized carbons (Fsp3) is 0.607. The van der Waals surface area contributed by atoms with Crippen LogP contribution in [-0.2, 0) is 4.79 Å². The largest absolute Gasteiger partial charge is 0.368 e. The first-order valence-corrected chi connectivity index (χ1v) is 13.2. The third kappa shape index (κ3) is 6.11. The lowest BCUT2D eigenvalue weighted by Crippen LogP contribution is -2.39. The molecule has 190 valence electrons. The van der Waals surface area contributed by atoms with Gasteiger partial charge in [0.2, 0.25) is 0 Å². The summed E-state index contributed by atoms with van der Waals surface area (Å²) in [5.74, 6) is 1.15. The number of amides is 1. The predicted octanol–water partition coefficient (Wildman–Crippen LogP) is 3.99. The van der Waals surface area contributed by atoms with Gasteiger partial charge in [0.05, 0.1) is 10.9 Å². The van der Waals surface area contributed by atoms with Crippen LogP contribution < -0.4 is 21.3 Å². The van der Waals surface area contributed by atoms with Gasteiger partial charge in [-0.1, -0.05) is 19.9 Å². The molecule has 2 unspecified atom stereocenters. The molecule has 1 aliphatic heterocycles. The van der Waals surface area contributed by atoms with E-state index in [9.17, 15) is 14.0 Å². The Morgan fingerprint density at radius 1 is 1.20 bits per heavy atom. The van der Waals surface area contributed by atoms with Crippen molar-refractivity contribution in [3.63, 3.8) is 0 Å². The molecule has 2 saturated carbocycles. The molecule has 1 aromatic heterocycles. The highest BCUT2D eigenvalue weighted by molar-refractivity contribution is 5.94. The van der Waals surface area contributed by atoms with Crippen molar-refractivity contribution in [2.45, 2.75) is 96.3 Å². The summed E-state index contributed by atoms with van der Waals surface area (Å²) in [6, 6.07) is 0.161. The summed E-state index contributed by atoms with van der Waals surface area (Å²) in [5.41, 5.74) is 1.68. The van der Waals surface area contributed by atoms with Gasteiger partial charge >= 0.3 is 0 Å². The van der Waals surface area contributed by atoms with Crippen LogP contribution in [0.2, 0.25) is 0 Å². The summed E-state index contributed by atoms with van der Waals surface area (Å²) in [6.07, 6.45) is 12.9. The van der Waals surface area contributed by atoms with E-state index in [-0.39, 0.29) is 29.7 Å². The molecule has 3 N–H and O–H groups in total. The van der Waals surface area contributed by atoms with Crippen molar-refractivity contribution in [1.29, 1.82) is 0 Å². The molecule has 1 aromatic rings. The lowest BCUT2D eigenvalue weighted by atomic mass is 9.84. The van der Waals surface area contributed by atoms with Crippen LogP contribution in [0.3, 0.4) is 0 Å². The normalized spacial score (nSPS) is 27.9. The van der Waals surface area contributed by atoms with E-state index in [0.717, 1.165) is 56.1 Å². The highest BCUT2D eigenvalue weighted by Gasteiger charge is 2.28. The average Bonchev–Trinajstić information content (AvgIpc) is 3.35. The summed E-state index contributed by atoms with van der Waals surface area (Å²) < 4.78 is 13.6. The maximum absolute atomic E-state index is 13.6. The average molecular weight is 483 g/mol. The van der Waals surface area contributed by atoms with Gasteiger partial charge in [-0.05, 0) is 88.4 Å².